The second-order valence-corrected chi connectivity index (χ2v) is 3.83. The number of carbonyl (C=O) groups excluding carboxylic acids is 1. The third-order valence-corrected chi connectivity index (χ3v) is 2.33. The Bertz CT molecular complexity index is 395. The van der Waals surface area contributed by atoms with Crippen LogP contribution in [0.2, 0.25) is 0 Å². The van der Waals surface area contributed by atoms with Gasteiger partial charge in [-0.15, -0.1) is 0 Å². The fraction of sp³-hybridized carbons (Fsp3) is 0.222. The minimum absolute atomic E-state index is 0. The normalized spacial score (nSPS) is 11.7. The Kier molecular flexibility index (Phi) is 6.47. The molecule has 15 heavy (non-hydrogen) atoms. The Morgan fingerprint density at radius 3 is 2.60 bits per heavy atom. The van der Waals surface area contributed by atoms with Crippen molar-refractivity contribution in [1.29, 1.82) is 0 Å². The van der Waals surface area contributed by atoms with Crippen LogP contribution in [0.1, 0.15) is 12.5 Å². The molecule has 78 valence electrons. The van der Waals surface area contributed by atoms with Crippen molar-refractivity contribution >= 4 is 46.4 Å². The maximum absolute atomic E-state index is 12.9. The SMILES string of the molecule is CC(=O)Cc1ccc(F)c(S(=O)O)c1.[NaH]. The molecule has 0 heterocycles. The molecule has 1 aromatic rings. The Morgan fingerprint density at radius 2 is 2.13 bits per heavy atom. The van der Waals surface area contributed by atoms with Crippen LogP contribution in [-0.4, -0.2) is 44.1 Å². The van der Waals surface area contributed by atoms with Crippen LogP contribution < -0.4 is 0 Å². The van der Waals surface area contributed by atoms with Gasteiger partial charge in [0.05, 0.1) is 0 Å². The zero-order chi connectivity index (χ0) is 10.7. The van der Waals surface area contributed by atoms with Crippen LogP contribution in [0.3, 0.4) is 0 Å². The third-order valence-electron chi connectivity index (χ3n) is 1.64. The second-order valence-electron chi connectivity index (χ2n) is 2.89. The van der Waals surface area contributed by atoms with Gasteiger partial charge in [-0.25, -0.2) is 8.60 Å². The minimum atomic E-state index is -2.35. The molecule has 0 aliphatic heterocycles. The molecule has 1 unspecified atom stereocenters. The number of Topliss-reactive ketones (excluding diaryl/α,β-unsaturated/α-hetero) is 1. The number of halogens is 1. The van der Waals surface area contributed by atoms with Crippen molar-refractivity contribution in [3.05, 3.63) is 29.6 Å². The van der Waals surface area contributed by atoms with E-state index in [0.29, 0.717) is 5.56 Å². The quantitative estimate of drug-likeness (QED) is 0.630. The number of carbonyl (C=O) groups is 1. The summed E-state index contributed by atoms with van der Waals surface area (Å²) in [6, 6.07) is 3.74. The molecule has 0 aliphatic rings. The van der Waals surface area contributed by atoms with E-state index in [9.17, 15) is 13.4 Å². The molecule has 0 aliphatic carbocycles. The van der Waals surface area contributed by atoms with Gasteiger partial charge in [0.25, 0.3) is 0 Å². The predicted octanol–water partition coefficient (Wildman–Crippen LogP) is 0.889. The molecular formula is C9H10FNaO3S. The van der Waals surface area contributed by atoms with Crippen molar-refractivity contribution in [2.45, 2.75) is 18.2 Å². The van der Waals surface area contributed by atoms with Gasteiger partial charge in [-0.2, -0.15) is 0 Å². The fourth-order valence-corrected chi connectivity index (χ4v) is 1.57. The summed E-state index contributed by atoms with van der Waals surface area (Å²) in [5.41, 5.74) is 0.538. The van der Waals surface area contributed by atoms with Gasteiger partial charge < -0.3 is 4.55 Å². The summed E-state index contributed by atoms with van der Waals surface area (Å²) in [4.78, 5) is 10.5. The Hall–Kier alpha value is -0.0700. The first-order valence-corrected chi connectivity index (χ1v) is 5.00. The summed E-state index contributed by atoms with van der Waals surface area (Å²) < 4.78 is 32.3. The predicted molar refractivity (Wildman–Crippen MR) is 57.0 cm³/mol. The molecule has 0 saturated heterocycles. The molecule has 1 N–H and O–H groups in total. The zero-order valence-corrected chi connectivity index (χ0v) is 8.31. The van der Waals surface area contributed by atoms with Crippen molar-refractivity contribution in [3.8, 4) is 0 Å². The van der Waals surface area contributed by atoms with Crippen molar-refractivity contribution in [3.63, 3.8) is 0 Å². The van der Waals surface area contributed by atoms with Gasteiger partial charge in [0.1, 0.15) is 16.5 Å². The summed E-state index contributed by atoms with van der Waals surface area (Å²) in [6.45, 7) is 1.40. The van der Waals surface area contributed by atoms with Crippen molar-refractivity contribution in [1.82, 2.24) is 0 Å². The van der Waals surface area contributed by atoms with E-state index in [2.05, 4.69) is 0 Å². The molecular weight excluding hydrogens is 230 g/mol. The summed E-state index contributed by atoms with van der Waals surface area (Å²) in [6.07, 6.45) is 0.143. The average molecular weight is 240 g/mol. The molecule has 0 amide bonds. The van der Waals surface area contributed by atoms with Gasteiger partial charge in [-0.1, -0.05) is 6.07 Å². The van der Waals surface area contributed by atoms with Gasteiger partial charge in [0.2, 0.25) is 0 Å². The second kappa shape index (κ2) is 6.50. The van der Waals surface area contributed by atoms with Gasteiger partial charge in [0, 0.05) is 6.42 Å². The van der Waals surface area contributed by atoms with Crippen molar-refractivity contribution in [2.24, 2.45) is 0 Å². The van der Waals surface area contributed by atoms with E-state index >= 15 is 0 Å². The molecule has 0 saturated carbocycles. The van der Waals surface area contributed by atoms with Crippen LogP contribution in [0, 0.1) is 5.82 Å². The van der Waals surface area contributed by atoms with Crippen LogP contribution in [-0.2, 0) is 22.3 Å². The van der Waals surface area contributed by atoms with Gasteiger partial charge in [-0.3, -0.25) is 4.79 Å². The molecule has 0 bridgehead atoms. The first-order valence-electron chi connectivity index (χ1n) is 3.89. The zero-order valence-electron chi connectivity index (χ0n) is 7.49. The maximum atomic E-state index is 12.9. The van der Waals surface area contributed by atoms with Crippen LogP contribution in [0.15, 0.2) is 23.1 Å². The van der Waals surface area contributed by atoms with Crippen LogP contribution >= 0.6 is 0 Å². The summed E-state index contributed by atoms with van der Waals surface area (Å²) in [5.74, 6) is -0.815. The van der Waals surface area contributed by atoms with Gasteiger partial charge in [0.15, 0.2) is 11.1 Å². The number of hydrogen-bond acceptors (Lipinski definition) is 2. The van der Waals surface area contributed by atoms with E-state index < -0.39 is 16.9 Å². The average Bonchev–Trinajstić information content (AvgIpc) is 2.07. The van der Waals surface area contributed by atoms with E-state index in [1.54, 1.807) is 0 Å². The third kappa shape index (κ3) is 4.53. The first-order chi connectivity index (χ1) is 6.50. The van der Waals surface area contributed by atoms with E-state index in [-0.39, 0.29) is 46.7 Å². The molecule has 1 atom stereocenters. The number of ketones is 1. The first kappa shape index (κ1) is 14.9. The fourth-order valence-electron chi connectivity index (χ4n) is 1.08. The van der Waals surface area contributed by atoms with Gasteiger partial charge in [-0.05, 0) is 24.6 Å². The van der Waals surface area contributed by atoms with E-state index in [1.807, 2.05) is 0 Å². The standard InChI is InChI=1S/C9H9FO3S.Na.H/c1-6(11)4-7-2-3-8(10)9(5-7)14(12)13;;/h2-3,5H,4H2,1H3,(H,12,13);;. The topological polar surface area (TPSA) is 54.4 Å². The molecule has 0 spiro atoms. The molecule has 0 radical (unpaired) electrons. The number of hydrogen-bond donors (Lipinski definition) is 1. The number of benzene rings is 1. The molecule has 0 aromatic heterocycles. The molecule has 1 aromatic carbocycles. The van der Waals surface area contributed by atoms with Gasteiger partial charge >= 0.3 is 29.6 Å². The van der Waals surface area contributed by atoms with Crippen molar-refractivity contribution < 1.29 is 17.9 Å². The monoisotopic (exact) mass is 240 g/mol. The molecule has 3 nitrogen and oxygen atoms in total. The Morgan fingerprint density at radius 1 is 1.53 bits per heavy atom. The van der Waals surface area contributed by atoms with E-state index in [0.717, 1.165) is 6.07 Å². The summed E-state index contributed by atoms with van der Waals surface area (Å²) >= 11 is -2.35. The van der Waals surface area contributed by atoms with E-state index in [4.69, 9.17) is 4.55 Å². The van der Waals surface area contributed by atoms with E-state index in [1.165, 1.54) is 19.1 Å². The van der Waals surface area contributed by atoms with Crippen LogP contribution in [0.4, 0.5) is 4.39 Å². The summed E-state index contributed by atoms with van der Waals surface area (Å²) in [7, 11) is 0. The van der Waals surface area contributed by atoms with Crippen molar-refractivity contribution in [2.75, 3.05) is 0 Å². The summed E-state index contributed by atoms with van der Waals surface area (Å²) in [5, 5.41) is 0. The molecule has 0 fully saturated rings. The van der Waals surface area contributed by atoms with Crippen LogP contribution in [0.25, 0.3) is 0 Å². The molecule has 6 heteroatoms. The Labute approximate surface area is 112 Å². The molecule has 1 rings (SSSR count). The van der Waals surface area contributed by atoms with Crippen LogP contribution in [0.5, 0.6) is 0 Å². The Balaban J connectivity index is 0.00000196. The number of rotatable bonds is 3.